The Balaban J connectivity index is 1.59. The van der Waals surface area contributed by atoms with Crippen LogP contribution in [-0.4, -0.2) is 49.3 Å². The van der Waals surface area contributed by atoms with Crippen molar-refractivity contribution >= 4 is 28.2 Å². The number of rotatable bonds is 6. The van der Waals surface area contributed by atoms with Crippen LogP contribution in [0.3, 0.4) is 0 Å². The van der Waals surface area contributed by atoms with Crippen LogP contribution in [0, 0.1) is 11.3 Å². The summed E-state index contributed by atoms with van der Waals surface area (Å²) in [6.07, 6.45) is 3.79. The molecule has 1 aromatic carbocycles. The number of pyridine rings is 1. The van der Waals surface area contributed by atoms with Gasteiger partial charge in [0.1, 0.15) is 6.07 Å². The third-order valence-corrected chi connectivity index (χ3v) is 4.49. The van der Waals surface area contributed by atoms with E-state index >= 15 is 0 Å². The minimum atomic E-state index is 0.554. The van der Waals surface area contributed by atoms with Crippen molar-refractivity contribution in [1.82, 2.24) is 9.88 Å². The number of anilines is 1. The molecule has 2 aromatic rings. The Morgan fingerprint density at radius 2 is 2.12 bits per heavy atom. The fourth-order valence-electron chi connectivity index (χ4n) is 2.94. The lowest BCUT2D eigenvalue weighted by molar-refractivity contribution is 0.0373. The lowest BCUT2D eigenvalue weighted by Gasteiger charge is -2.26. The van der Waals surface area contributed by atoms with Gasteiger partial charge in [0.15, 0.2) is 0 Å². The van der Waals surface area contributed by atoms with Crippen molar-refractivity contribution in [3.05, 3.63) is 35.0 Å². The first-order chi connectivity index (χ1) is 11.8. The van der Waals surface area contributed by atoms with Gasteiger partial charge >= 0.3 is 0 Å². The van der Waals surface area contributed by atoms with Gasteiger partial charge in [0.05, 0.1) is 30.0 Å². The Bertz CT molecular complexity index is 738. The predicted molar refractivity (Wildman–Crippen MR) is 96.5 cm³/mol. The smallest absolute Gasteiger partial charge is 0.103 e. The zero-order valence-electron chi connectivity index (χ0n) is 13.6. The maximum atomic E-state index is 9.34. The molecule has 1 fully saturated rings. The van der Waals surface area contributed by atoms with E-state index in [4.69, 9.17) is 16.3 Å². The molecule has 0 saturated carbocycles. The molecular formula is C18H21ClN4O. The van der Waals surface area contributed by atoms with E-state index in [2.05, 4.69) is 21.3 Å². The van der Waals surface area contributed by atoms with Gasteiger partial charge in [0.25, 0.3) is 0 Å². The van der Waals surface area contributed by atoms with Crippen molar-refractivity contribution in [3.8, 4) is 6.07 Å². The Morgan fingerprint density at radius 1 is 1.29 bits per heavy atom. The molecule has 0 atom stereocenters. The van der Waals surface area contributed by atoms with Crippen LogP contribution in [0.25, 0.3) is 10.9 Å². The average Bonchev–Trinajstić information content (AvgIpc) is 2.62. The van der Waals surface area contributed by atoms with Crippen LogP contribution in [0.15, 0.2) is 24.4 Å². The second kappa shape index (κ2) is 8.29. The number of morpholine rings is 1. The molecule has 1 aliphatic rings. The quantitative estimate of drug-likeness (QED) is 0.815. The molecule has 126 valence electrons. The summed E-state index contributed by atoms with van der Waals surface area (Å²) in [5.41, 5.74) is 2.23. The zero-order chi connectivity index (χ0) is 16.8. The number of fused-ring (bicyclic) bond motifs is 1. The third kappa shape index (κ3) is 4.15. The highest BCUT2D eigenvalue weighted by Crippen LogP contribution is 2.28. The number of unbranched alkanes of at least 4 members (excludes halogenated alkanes) is 1. The van der Waals surface area contributed by atoms with E-state index in [1.807, 2.05) is 18.2 Å². The van der Waals surface area contributed by atoms with Crippen molar-refractivity contribution in [2.45, 2.75) is 12.8 Å². The summed E-state index contributed by atoms with van der Waals surface area (Å²) in [5.74, 6) is 0. The Morgan fingerprint density at radius 3 is 2.92 bits per heavy atom. The number of nitrogens with zero attached hydrogens (tertiary/aromatic N) is 3. The van der Waals surface area contributed by atoms with E-state index in [1.165, 1.54) is 0 Å². The highest BCUT2D eigenvalue weighted by atomic mass is 35.5. The van der Waals surface area contributed by atoms with Crippen molar-refractivity contribution in [1.29, 1.82) is 5.26 Å². The molecular weight excluding hydrogens is 324 g/mol. The normalized spacial score (nSPS) is 15.3. The molecule has 0 unspecified atom stereocenters. The molecule has 1 aromatic heterocycles. The van der Waals surface area contributed by atoms with Gasteiger partial charge < -0.3 is 10.1 Å². The van der Waals surface area contributed by atoms with Crippen LogP contribution in [0.2, 0.25) is 5.02 Å². The van der Waals surface area contributed by atoms with Gasteiger partial charge in [-0.15, -0.1) is 0 Å². The van der Waals surface area contributed by atoms with Crippen LogP contribution in [0.1, 0.15) is 18.4 Å². The first kappa shape index (κ1) is 17.0. The average molecular weight is 345 g/mol. The van der Waals surface area contributed by atoms with Gasteiger partial charge in [-0.3, -0.25) is 9.88 Å². The van der Waals surface area contributed by atoms with E-state index in [9.17, 15) is 5.26 Å². The lowest BCUT2D eigenvalue weighted by atomic mass is 10.1. The van der Waals surface area contributed by atoms with Gasteiger partial charge in [-0.25, -0.2) is 0 Å². The summed E-state index contributed by atoms with van der Waals surface area (Å²) in [6.45, 7) is 5.66. The fourth-order valence-corrected chi connectivity index (χ4v) is 3.11. The number of aromatic nitrogens is 1. The molecule has 0 bridgehead atoms. The molecule has 6 heteroatoms. The minimum Gasteiger partial charge on any atom is -0.383 e. The molecule has 0 amide bonds. The Labute approximate surface area is 147 Å². The summed E-state index contributed by atoms with van der Waals surface area (Å²) in [4.78, 5) is 6.76. The molecule has 0 radical (unpaired) electrons. The number of hydrogen-bond donors (Lipinski definition) is 1. The molecule has 5 nitrogen and oxygen atoms in total. The summed E-state index contributed by atoms with van der Waals surface area (Å²) in [7, 11) is 0. The van der Waals surface area contributed by atoms with E-state index in [1.54, 1.807) is 6.20 Å². The van der Waals surface area contributed by atoms with Gasteiger partial charge in [-0.2, -0.15) is 5.26 Å². The topological polar surface area (TPSA) is 61.2 Å². The number of halogens is 1. The number of benzene rings is 1. The second-order valence-electron chi connectivity index (χ2n) is 5.91. The molecule has 1 saturated heterocycles. The van der Waals surface area contributed by atoms with Crippen molar-refractivity contribution in [3.63, 3.8) is 0 Å². The number of nitrogens with one attached hydrogen (secondary N) is 1. The predicted octanol–water partition coefficient (Wildman–Crippen LogP) is 3.28. The first-order valence-electron chi connectivity index (χ1n) is 8.30. The van der Waals surface area contributed by atoms with Gasteiger partial charge in [0, 0.05) is 36.2 Å². The number of ether oxygens (including phenoxy) is 1. The van der Waals surface area contributed by atoms with E-state index in [-0.39, 0.29) is 0 Å². The van der Waals surface area contributed by atoms with Crippen LogP contribution in [0.4, 0.5) is 5.69 Å². The van der Waals surface area contributed by atoms with E-state index in [0.717, 1.165) is 68.8 Å². The molecule has 1 N–H and O–H groups in total. The number of hydrogen-bond acceptors (Lipinski definition) is 5. The van der Waals surface area contributed by atoms with Crippen LogP contribution in [-0.2, 0) is 4.74 Å². The van der Waals surface area contributed by atoms with Gasteiger partial charge in [0.2, 0.25) is 0 Å². The zero-order valence-corrected chi connectivity index (χ0v) is 14.4. The van der Waals surface area contributed by atoms with Crippen LogP contribution < -0.4 is 5.32 Å². The summed E-state index contributed by atoms with van der Waals surface area (Å²) in [6, 6.07) is 7.76. The van der Waals surface area contributed by atoms with Crippen molar-refractivity contribution in [2.24, 2.45) is 0 Å². The molecule has 0 spiro atoms. The molecule has 24 heavy (non-hydrogen) atoms. The minimum absolute atomic E-state index is 0.554. The van der Waals surface area contributed by atoms with E-state index in [0.29, 0.717) is 10.6 Å². The SMILES string of the molecule is N#Cc1cnc2ccc(Cl)cc2c1NCCCCN1CCOCC1. The number of nitriles is 1. The molecule has 1 aliphatic heterocycles. The van der Waals surface area contributed by atoms with Crippen molar-refractivity contribution in [2.75, 3.05) is 44.7 Å². The van der Waals surface area contributed by atoms with E-state index < -0.39 is 0 Å². The molecule has 0 aliphatic carbocycles. The highest BCUT2D eigenvalue weighted by Gasteiger charge is 2.11. The fraction of sp³-hybridized carbons (Fsp3) is 0.444. The monoisotopic (exact) mass is 344 g/mol. The summed E-state index contributed by atoms with van der Waals surface area (Å²) >= 11 is 6.10. The van der Waals surface area contributed by atoms with Crippen molar-refractivity contribution < 1.29 is 4.74 Å². The third-order valence-electron chi connectivity index (χ3n) is 4.26. The second-order valence-corrected chi connectivity index (χ2v) is 6.34. The largest absolute Gasteiger partial charge is 0.383 e. The molecule has 3 rings (SSSR count). The molecule has 2 heterocycles. The summed E-state index contributed by atoms with van der Waals surface area (Å²) in [5, 5.41) is 14.3. The standard InChI is InChI=1S/C18H21ClN4O/c19-15-3-4-17-16(11-15)18(14(12-20)13-22-17)21-5-1-2-6-23-7-9-24-10-8-23/h3-4,11,13H,1-2,5-10H2,(H,21,22). The highest BCUT2D eigenvalue weighted by molar-refractivity contribution is 6.31. The van der Waals surface area contributed by atoms with Gasteiger partial charge in [-0.05, 0) is 37.6 Å². The van der Waals surface area contributed by atoms with Crippen LogP contribution in [0.5, 0.6) is 0 Å². The van der Waals surface area contributed by atoms with Crippen LogP contribution >= 0.6 is 11.6 Å². The van der Waals surface area contributed by atoms with Gasteiger partial charge in [-0.1, -0.05) is 11.6 Å². The maximum absolute atomic E-state index is 9.34. The lowest BCUT2D eigenvalue weighted by Crippen LogP contribution is -2.36. The first-order valence-corrected chi connectivity index (χ1v) is 8.68. The summed E-state index contributed by atoms with van der Waals surface area (Å²) < 4.78 is 5.36. The Hall–Kier alpha value is -1.87. The Kier molecular flexibility index (Phi) is 5.86. The maximum Gasteiger partial charge on any atom is 0.103 e.